The van der Waals surface area contributed by atoms with E-state index in [2.05, 4.69) is 0 Å². The van der Waals surface area contributed by atoms with Crippen molar-refractivity contribution < 1.29 is 22.2 Å². The van der Waals surface area contributed by atoms with Gasteiger partial charge in [0.1, 0.15) is 4.90 Å². The highest BCUT2D eigenvalue weighted by molar-refractivity contribution is 7.87. The molecule has 30 heavy (non-hydrogen) atoms. The zero-order valence-electron chi connectivity index (χ0n) is 15.4. The zero-order chi connectivity index (χ0) is 21.2. The van der Waals surface area contributed by atoms with Crippen molar-refractivity contribution in [3.63, 3.8) is 0 Å². The molecular formula is C21H15Cl2NO5S. The molecule has 2 fully saturated rings. The molecule has 9 heteroatoms. The number of nitrogens with zero attached hydrogens (tertiary/aromatic N) is 1. The van der Waals surface area contributed by atoms with Gasteiger partial charge in [-0.2, -0.15) is 8.42 Å². The van der Waals surface area contributed by atoms with E-state index in [0.717, 1.165) is 11.3 Å². The summed E-state index contributed by atoms with van der Waals surface area (Å²) in [5.41, 5.74) is 0.100. The number of carbonyl (C=O) groups is 2. The number of imide groups is 1. The molecule has 4 atom stereocenters. The van der Waals surface area contributed by atoms with Crippen LogP contribution in [-0.2, 0) is 19.7 Å². The van der Waals surface area contributed by atoms with Gasteiger partial charge in [-0.15, -0.1) is 0 Å². The minimum atomic E-state index is -4.36. The van der Waals surface area contributed by atoms with Crippen molar-refractivity contribution in [1.82, 2.24) is 0 Å². The molecule has 5 rings (SSSR count). The van der Waals surface area contributed by atoms with E-state index >= 15 is 0 Å². The van der Waals surface area contributed by atoms with Crippen molar-refractivity contribution in [2.24, 2.45) is 23.7 Å². The fourth-order valence-electron chi connectivity index (χ4n) is 4.68. The van der Waals surface area contributed by atoms with Gasteiger partial charge in [-0.1, -0.05) is 47.5 Å². The highest BCUT2D eigenvalue weighted by atomic mass is 35.5. The van der Waals surface area contributed by atoms with Gasteiger partial charge in [-0.3, -0.25) is 9.59 Å². The Morgan fingerprint density at radius 2 is 1.57 bits per heavy atom. The Kier molecular flexibility index (Phi) is 4.47. The molecule has 1 saturated carbocycles. The molecule has 1 saturated heterocycles. The summed E-state index contributed by atoms with van der Waals surface area (Å²) in [6.45, 7) is 0. The summed E-state index contributed by atoms with van der Waals surface area (Å²) in [6.07, 6.45) is 4.80. The van der Waals surface area contributed by atoms with E-state index in [1.807, 2.05) is 12.2 Å². The van der Waals surface area contributed by atoms with Crippen LogP contribution in [0.4, 0.5) is 5.69 Å². The molecule has 0 N–H and O–H groups in total. The van der Waals surface area contributed by atoms with Crippen LogP contribution in [0.1, 0.15) is 6.42 Å². The van der Waals surface area contributed by atoms with Crippen LogP contribution in [0.5, 0.6) is 5.75 Å². The smallest absolute Gasteiger partial charge is 0.340 e. The van der Waals surface area contributed by atoms with Crippen LogP contribution in [-0.4, -0.2) is 20.2 Å². The Hall–Kier alpha value is -2.35. The summed E-state index contributed by atoms with van der Waals surface area (Å²) in [6, 6.07) is 10.1. The number of amides is 2. The highest BCUT2D eigenvalue weighted by Gasteiger charge is 2.60. The lowest BCUT2D eigenvalue weighted by Crippen LogP contribution is -2.33. The fraction of sp³-hybridized carbons (Fsp3) is 0.238. The number of hydrogen-bond donors (Lipinski definition) is 0. The van der Waals surface area contributed by atoms with Gasteiger partial charge in [-0.05, 0) is 48.6 Å². The molecule has 1 heterocycles. The third-order valence-corrected chi connectivity index (χ3v) is 7.89. The normalized spacial score (nSPS) is 27.1. The van der Waals surface area contributed by atoms with Crippen molar-refractivity contribution >= 4 is 50.8 Å². The van der Waals surface area contributed by atoms with Gasteiger partial charge >= 0.3 is 10.1 Å². The van der Waals surface area contributed by atoms with Crippen LogP contribution in [0.15, 0.2) is 59.5 Å². The molecule has 0 spiro atoms. The van der Waals surface area contributed by atoms with E-state index in [9.17, 15) is 18.0 Å². The Morgan fingerprint density at radius 1 is 0.933 bits per heavy atom. The number of benzene rings is 2. The molecule has 2 amide bonds. The number of halogens is 2. The topological polar surface area (TPSA) is 80.8 Å². The summed E-state index contributed by atoms with van der Waals surface area (Å²) >= 11 is 11.9. The summed E-state index contributed by atoms with van der Waals surface area (Å²) < 4.78 is 31.0. The minimum absolute atomic E-state index is 0.0449. The summed E-state index contributed by atoms with van der Waals surface area (Å²) in [5, 5.41) is 0.123. The van der Waals surface area contributed by atoms with Crippen LogP contribution in [0.2, 0.25) is 10.0 Å². The van der Waals surface area contributed by atoms with E-state index in [1.54, 1.807) is 12.1 Å². The van der Waals surface area contributed by atoms with Crippen LogP contribution < -0.4 is 9.08 Å². The van der Waals surface area contributed by atoms with Crippen LogP contribution in [0.3, 0.4) is 0 Å². The molecule has 1 aliphatic heterocycles. The molecule has 2 aromatic rings. The van der Waals surface area contributed by atoms with Crippen LogP contribution in [0.25, 0.3) is 0 Å². The van der Waals surface area contributed by atoms with Gasteiger partial charge in [0.2, 0.25) is 11.8 Å². The first kappa shape index (κ1) is 19.6. The molecule has 2 bridgehead atoms. The van der Waals surface area contributed by atoms with E-state index < -0.39 is 22.0 Å². The highest BCUT2D eigenvalue weighted by Crippen LogP contribution is 2.54. The van der Waals surface area contributed by atoms with Gasteiger partial charge in [0.25, 0.3) is 0 Å². The molecule has 2 aliphatic carbocycles. The maximum absolute atomic E-state index is 13.1. The Bertz CT molecular complexity index is 1200. The predicted octanol–water partition coefficient (Wildman–Crippen LogP) is 4.07. The third kappa shape index (κ3) is 2.87. The first-order valence-electron chi connectivity index (χ1n) is 9.32. The maximum atomic E-state index is 13.1. The predicted molar refractivity (Wildman–Crippen MR) is 111 cm³/mol. The Labute approximate surface area is 183 Å². The van der Waals surface area contributed by atoms with Crippen molar-refractivity contribution in [2.75, 3.05) is 4.90 Å². The number of para-hydroxylation sites is 2. The minimum Gasteiger partial charge on any atom is -0.377 e. The largest absolute Gasteiger partial charge is 0.377 e. The van der Waals surface area contributed by atoms with Crippen LogP contribution in [0, 0.1) is 23.7 Å². The number of allylic oxidation sites excluding steroid dienone is 2. The first-order valence-corrected chi connectivity index (χ1v) is 11.5. The maximum Gasteiger partial charge on any atom is 0.340 e. The average Bonchev–Trinajstić information content (AvgIpc) is 3.38. The lowest BCUT2D eigenvalue weighted by atomic mass is 9.85. The van der Waals surface area contributed by atoms with Crippen molar-refractivity contribution in [3.05, 3.63) is 64.7 Å². The summed E-state index contributed by atoms with van der Waals surface area (Å²) in [4.78, 5) is 27.0. The fourth-order valence-corrected chi connectivity index (χ4v) is 6.37. The Balaban J connectivity index is 1.52. The van der Waals surface area contributed by atoms with Gasteiger partial charge in [0.05, 0.1) is 22.5 Å². The molecule has 6 nitrogen and oxygen atoms in total. The lowest BCUT2D eigenvalue weighted by molar-refractivity contribution is -0.123. The lowest BCUT2D eigenvalue weighted by Gasteiger charge is -2.20. The quantitative estimate of drug-likeness (QED) is 0.387. The van der Waals surface area contributed by atoms with Gasteiger partial charge < -0.3 is 4.18 Å². The molecular weight excluding hydrogens is 449 g/mol. The second kappa shape index (κ2) is 6.83. The van der Waals surface area contributed by atoms with E-state index in [1.165, 1.54) is 30.3 Å². The molecule has 2 aromatic carbocycles. The average molecular weight is 464 g/mol. The van der Waals surface area contributed by atoms with Crippen molar-refractivity contribution in [1.29, 1.82) is 0 Å². The second-order valence-electron chi connectivity index (χ2n) is 7.59. The molecule has 3 aliphatic rings. The molecule has 154 valence electrons. The van der Waals surface area contributed by atoms with Crippen molar-refractivity contribution in [3.8, 4) is 5.75 Å². The number of anilines is 1. The third-order valence-electron chi connectivity index (χ3n) is 5.94. The molecule has 0 aromatic heterocycles. The number of carbonyl (C=O) groups excluding carboxylic acids is 2. The number of fused-ring (bicyclic) bond motifs is 5. The Morgan fingerprint density at radius 3 is 2.23 bits per heavy atom. The van der Waals surface area contributed by atoms with Crippen molar-refractivity contribution in [2.45, 2.75) is 11.3 Å². The zero-order valence-corrected chi connectivity index (χ0v) is 17.7. The van der Waals surface area contributed by atoms with E-state index in [-0.39, 0.29) is 50.0 Å². The summed E-state index contributed by atoms with van der Waals surface area (Å²) in [7, 11) is -4.36. The molecule has 0 radical (unpaired) electrons. The summed E-state index contributed by atoms with van der Waals surface area (Å²) in [5.74, 6) is -1.49. The second-order valence-corrected chi connectivity index (χ2v) is 9.95. The monoisotopic (exact) mass is 463 g/mol. The van der Waals surface area contributed by atoms with E-state index in [4.69, 9.17) is 27.4 Å². The van der Waals surface area contributed by atoms with Gasteiger partial charge in [0.15, 0.2) is 5.75 Å². The SMILES string of the molecule is O=C1[C@@H]2[C@@H](C(=O)N1c1ccccc1OS(=O)(=O)c1cc(Cl)ccc1Cl)[C@H]1C=C[C@@H]2C1. The standard InChI is InChI=1S/C21H15Cl2NO5S/c22-13-7-8-14(23)17(10-13)30(27,28)29-16-4-2-1-3-15(16)24-20(25)18-11-5-6-12(9-11)19(18)21(24)26/h1-8,10-12,18-19H,9H2/t11-,12+,18-,19-/m0/s1. The molecule has 0 unspecified atom stereocenters. The number of rotatable bonds is 4. The van der Waals surface area contributed by atoms with Crippen LogP contribution >= 0.6 is 23.2 Å². The van der Waals surface area contributed by atoms with Gasteiger partial charge in [0, 0.05) is 5.02 Å². The van der Waals surface area contributed by atoms with E-state index in [0.29, 0.717) is 0 Å². The first-order chi connectivity index (χ1) is 14.3. The number of hydrogen-bond acceptors (Lipinski definition) is 5. The van der Waals surface area contributed by atoms with Gasteiger partial charge in [-0.25, -0.2) is 4.90 Å².